The monoisotopic (exact) mass is 403 g/mol. The van der Waals surface area contributed by atoms with Crippen LogP contribution in [0.2, 0.25) is 5.02 Å². The topological polar surface area (TPSA) is 21.1 Å². The van der Waals surface area contributed by atoms with Crippen molar-refractivity contribution < 1.29 is 0 Å². The van der Waals surface area contributed by atoms with Gasteiger partial charge in [-0.05, 0) is 43.8 Å². The third-order valence-electron chi connectivity index (χ3n) is 5.19. The van der Waals surface area contributed by atoms with Crippen molar-refractivity contribution in [3.05, 3.63) is 78.2 Å². The Kier molecular flexibility index (Phi) is 5.70. The van der Waals surface area contributed by atoms with Gasteiger partial charge in [0.15, 0.2) is 0 Å². The molecule has 0 spiro atoms. The first-order valence-corrected chi connectivity index (χ1v) is 10.3. The molecule has 4 aromatic rings. The van der Waals surface area contributed by atoms with E-state index in [1.807, 2.05) is 24.5 Å². The maximum Gasteiger partial charge on any atom is 0.0501 e. The number of benzene rings is 2. The average Bonchev–Trinajstić information content (AvgIpc) is 3.05. The van der Waals surface area contributed by atoms with Crippen LogP contribution in [0.1, 0.15) is 6.92 Å². The Labute approximate surface area is 177 Å². The van der Waals surface area contributed by atoms with Crippen molar-refractivity contribution in [2.24, 2.45) is 5.92 Å². The first-order valence-electron chi connectivity index (χ1n) is 9.95. The lowest BCUT2D eigenvalue weighted by Gasteiger charge is -2.18. The van der Waals surface area contributed by atoms with E-state index in [1.54, 1.807) is 0 Å². The molecule has 0 aliphatic carbocycles. The summed E-state index contributed by atoms with van der Waals surface area (Å²) in [5.74, 6) is 0.529. The second-order valence-corrected chi connectivity index (χ2v) is 8.49. The van der Waals surface area contributed by atoms with E-state index in [0.717, 1.165) is 29.2 Å². The summed E-state index contributed by atoms with van der Waals surface area (Å²) in [7, 11) is 4.24. The van der Waals surface area contributed by atoms with E-state index in [-0.39, 0.29) is 0 Å². The molecule has 0 saturated carbocycles. The number of fused-ring (bicyclic) bond motifs is 1. The van der Waals surface area contributed by atoms with Crippen molar-refractivity contribution >= 4 is 22.5 Å². The molecule has 0 amide bonds. The molecule has 1 unspecified atom stereocenters. The van der Waals surface area contributed by atoms with Crippen LogP contribution in [0, 0.1) is 5.92 Å². The molecular weight excluding hydrogens is 378 g/mol. The maximum absolute atomic E-state index is 6.34. The minimum atomic E-state index is 0.529. The summed E-state index contributed by atoms with van der Waals surface area (Å²) in [5, 5.41) is 1.97. The van der Waals surface area contributed by atoms with E-state index in [0.29, 0.717) is 5.92 Å². The second-order valence-electron chi connectivity index (χ2n) is 8.05. The van der Waals surface area contributed by atoms with Gasteiger partial charge in [0.1, 0.15) is 0 Å². The lowest BCUT2D eigenvalue weighted by atomic mass is 10.0. The van der Waals surface area contributed by atoms with Gasteiger partial charge in [-0.15, -0.1) is 0 Å². The van der Waals surface area contributed by atoms with Crippen LogP contribution in [0.5, 0.6) is 0 Å². The molecule has 0 fully saturated rings. The summed E-state index contributed by atoms with van der Waals surface area (Å²) in [6.45, 7) is 4.27. The minimum Gasteiger partial charge on any atom is -0.346 e. The third-order valence-corrected chi connectivity index (χ3v) is 5.42. The van der Waals surface area contributed by atoms with Crippen LogP contribution < -0.4 is 0 Å². The van der Waals surface area contributed by atoms with Crippen LogP contribution in [0.15, 0.2) is 73.2 Å². The molecule has 0 aliphatic rings. The molecule has 1 atom stereocenters. The standard InChI is InChI=1S/C25H26ClN3/c1-18(15-28(2)3)16-29-17-24(23-10-9-22(26)12-25(23)29)21-11-20(13-27-14-21)19-7-5-4-6-8-19/h4-14,17-18H,15-16H2,1-3H3. The Bertz CT molecular complexity index is 1120. The molecule has 4 rings (SSSR count). The molecule has 2 aromatic carbocycles. The van der Waals surface area contributed by atoms with Crippen LogP contribution in [0.25, 0.3) is 33.2 Å². The van der Waals surface area contributed by atoms with Crippen molar-refractivity contribution in [3.8, 4) is 22.3 Å². The van der Waals surface area contributed by atoms with E-state index in [9.17, 15) is 0 Å². The van der Waals surface area contributed by atoms with Crippen molar-refractivity contribution in [2.45, 2.75) is 13.5 Å². The molecule has 2 aromatic heterocycles. The van der Waals surface area contributed by atoms with Gasteiger partial charge in [0.25, 0.3) is 0 Å². The molecule has 148 valence electrons. The van der Waals surface area contributed by atoms with E-state index in [2.05, 4.69) is 84.1 Å². The van der Waals surface area contributed by atoms with Gasteiger partial charge in [-0.3, -0.25) is 4.98 Å². The first kappa shape index (κ1) is 19.7. The van der Waals surface area contributed by atoms with Crippen LogP contribution in [0.3, 0.4) is 0 Å². The summed E-state index contributed by atoms with van der Waals surface area (Å²) >= 11 is 6.34. The average molecular weight is 404 g/mol. The van der Waals surface area contributed by atoms with Crippen molar-refractivity contribution in [1.29, 1.82) is 0 Å². The largest absolute Gasteiger partial charge is 0.346 e. The Morgan fingerprint density at radius 2 is 1.72 bits per heavy atom. The van der Waals surface area contributed by atoms with Gasteiger partial charge >= 0.3 is 0 Å². The predicted octanol–water partition coefficient (Wildman–Crippen LogP) is 6.22. The highest BCUT2D eigenvalue weighted by Crippen LogP contribution is 2.34. The third kappa shape index (κ3) is 4.36. The van der Waals surface area contributed by atoms with E-state index < -0.39 is 0 Å². The van der Waals surface area contributed by atoms with Crippen molar-refractivity contribution in [3.63, 3.8) is 0 Å². The molecule has 0 aliphatic heterocycles. The fourth-order valence-electron chi connectivity index (χ4n) is 4.04. The van der Waals surface area contributed by atoms with E-state index in [1.165, 1.54) is 22.0 Å². The van der Waals surface area contributed by atoms with Gasteiger partial charge in [-0.1, -0.05) is 54.9 Å². The molecule has 2 heterocycles. The fraction of sp³-hybridized carbons (Fsp3) is 0.240. The lowest BCUT2D eigenvalue weighted by Crippen LogP contribution is -2.22. The molecule has 0 saturated heterocycles. The number of pyridine rings is 1. The van der Waals surface area contributed by atoms with Crippen molar-refractivity contribution in [1.82, 2.24) is 14.5 Å². The summed E-state index contributed by atoms with van der Waals surface area (Å²) in [6.07, 6.45) is 6.12. The van der Waals surface area contributed by atoms with E-state index >= 15 is 0 Å². The number of hydrogen-bond acceptors (Lipinski definition) is 2. The number of rotatable bonds is 6. The smallest absolute Gasteiger partial charge is 0.0501 e. The van der Waals surface area contributed by atoms with Crippen LogP contribution in [-0.4, -0.2) is 35.1 Å². The predicted molar refractivity (Wildman–Crippen MR) is 123 cm³/mol. The lowest BCUT2D eigenvalue weighted by molar-refractivity contribution is 0.318. The highest BCUT2D eigenvalue weighted by Gasteiger charge is 2.14. The molecule has 3 nitrogen and oxygen atoms in total. The van der Waals surface area contributed by atoms with Gasteiger partial charge in [0.05, 0.1) is 5.52 Å². The molecule has 29 heavy (non-hydrogen) atoms. The number of halogens is 1. The van der Waals surface area contributed by atoms with Gasteiger partial charge in [-0.2, -0.15) is 0 Å². The van der Waals surface area contributed by atoms with E-state index in [4.69, 9.17) is 11.6 Å². The fourth-order valence-corrected chi connectivity index (χ4v) is 4.21. The highest BCUT2D eigenvalue weighted by atomic mass is 35.5. The number of hydrogen-bond donors (Lipinski definition) is 0. The van der Waals surface area contributed by atoms with Crippen LogP contribution in [0.4, 0.5) is 0 Å². The second kappa shape index (κ2) is 8.40. The quantitative estimate of drug-likeness (QED) is 0.381. The molecule has 0 radical (unpaired) electrons. The first-order chi connectivity index (χ1) is 14.0. The molecule has 4 heteroatoms. The summed E-state index contributed by atoms with van der Waals surface area (Å²) in [5.41, 5.74) is 5.78. The molecule has 0 bridgehead atoms. The maximum atomic E-state index is 6.34. The zero-order chi connectivity index (χ0) is 20.4. The Balaban J connectivity index is 1.78. The van der Waals surface area contributed by atoms with Gasteiger partial charge in [-0.25, -0.2) is 0 Å². The molecule has 0 N–H and O–H groups in total. The summed E-state index contributed by atoms with van der Waals surface area (Å²) < 4.78 is 2.33. The Hall–Kier alpha value is -2.62. The number of aromatic nitrogens is 2. The zero-order valence-corrected chi connectivity index (χ0v) is 17.9. The highest BCUT2D eigenvalue weighted by molar-refractivity contribution is 6.31. The van der Waals surface area contributed by atoms with Crippen LogP contribution in [-0.2, 0) is 6.54 Å². The Morgan fingerprint density at radius 1 is 0.966 bits per heavy atom. The normalized spacial score (nSPS) is 12.6. The van der Waals surface area contributed by atoms with Gasteiger partial charge < -0.3 is 9.47 Å². The van der Waals surface area contributed by atoms with Crippen molar-refractivity contribution in [2.75, 3.05) is 20.6 Å². The molecular formula is C25H26ClN3. The minimum absolute atomic E-state index is 0.529. The number of nitrogens with zero attached hydrogens (tertiary/aromatic N) is 3. The summed E-state index contributed by atoms with van der Waals surface area (Å²) in [4.78, 5) is 6.76. The van der Waals surface area contributed by atoms with Gasteiger partial charge in [0.2, 0.25) is 0 Å². The summed E-state index contributed by atoms with van der Waals surface area (Å²) in [6, 6.07) is 18.8. The SMILES string of the molecule is CC(CN(C)C)Cn1cc(-c2cncc(-c3ccccc3)c2)c2ccc(Cl)cc21. The Morgan fingerprint density at radius 3 is 2.48 bits per heavy atom. The zero-order valence-electron chi connectivity index (χ0n) is 17.1. The van der Waals surface area contributed by atoms with Crippen LogP contribution >= 0.6 is 11.6 Å². The van der Waals surface area contributed by atoms with Gasteiger partial charge in [0, 0.05) is 58.8 Å².